The predicted octanol–water partition coefficient (Wildman–Crippen LogP) is 3.25. The monoisotopic (exact) mass is 367 g/mol. The summed E-state index contributed by atoms with van der Waals surface area (Å²) >= 11 is 0. The van der Waals surface area contributed by atoms with Gasteiger partial charge in [-0.1, -0.05) is 0 Å². The maximum absolute atomic E-state index is 13.4. The molecule has 0 aliphatic carbocycles. The van der Waals surface area contributed by atoms with E-state index >= 15 is 0 Å². The van der Waals surface area contributed by atoms with E-state index in [1.807, 2.05) is 18.3 Å². The molecule has 6 heteroatoms. The van der Waals surface area contributed by atoms with E-state index in [1.54, 1.807) is 12.1 Å². The van der Waals surface area contributed by atoms with Crippen molar-refractivity contribution in [1.29, 1.82) is 0 Å². The van der Waals surface area contributed by atoms with E-state index in [4.69, 9.17) is 10.7 Å². The molecule has 1 aliphatic heterocycles. The van der Waals surface area contributed by atoms with Crippen molar-refractivity contribution in [2.24, 2.45) is 0 Å². The van der Waals surface area contributed by atoms with Crippen LogP contribution >= 0.6 is 0 Å². The highest BCUT2D eigenvalue weighted by Gasteiger charge is 2.23. The zero-order chi connectivity index (χ0) is 19.0. The highest BCUT2D eigenvalue weighted by atomic mass is 19.1. The third-order valence-electron chi connectivity index (χ3n) is 5.57. The van der Waals surface area contributed by atoms with Crippen LogP contribution in [0.5, 0.6) is 0 Å². The maximum atomic E-state index is 13.4. The zero-order valence-corrected chi connectivity index (χ0v) is 15.9. The SMILES string of the molecule is CN1CCC(N(C)Cc2c(-c3ccc(F)cc3)nc3ccc(N)cn23)CC1. The quantitative estimate of drug-likeness (QED) is 0.769. The van der Waals surface area contributed by atoms with Crippen molar-refractivity contribution in [1.82, 2.24) is 19.2 Å². The average Bonchev–Trinajstić information content (AvgIpc) is 3.00. The first-order valence-electron chi connectivity index (χ1n) is 9.42. The topological polar surface area (TPSA) is 49.8 Å². The van der Waals surface area contributed by atoms with Gasteiger partial charge >= 0.3 is 0 Å². The Balaban J connectivity index is 1.71. The first-order chi connectivity index (χ1) is 13.0. The minimum Gasteiger partial charge on any atom is -0.398 e. The second kappa shape index (κ2) is 7.29. The fraction of sp³-hybridized carbons (Fsp3) is 0.381. The molecule has 4 rings (SSSR count). The van der Waals surface area contributed by atoms with Gasteiger partial charge in [-0.3, -0.25) is 4.90 Å². The molecule has 1 aromatic carbocycles. The normalized spacial score (nSPS) is 16.4. The summed E-state index contributed by atoms with van der Waals surface area (Å²) in [7, 11) is 4.35. The van der Waals surface area contributed by atoms with Gasteiger partial charge in [-0.15, -0.1) is 0 Å². The average molecular weight is 367 g/mol. The highest BCUT2D eigenvalue weighted by Crippen LogP contribution is 2.28. The number of pyridine rings is 1. The van der Waals surface area contributed by atoms with Crippen molar-refractivity contribution < 1.29 is 4.39 Å². The van der Waals surface area contributed by atoms with Gasteiger partial charge in [0.05, 0.1) is 11.4 Å². The molecule has 0 amide bonds. The number of anilines is 1. The number of fused-ring (bicyclic) bond motifs is 1. The summed E-state index contributed by atoms with van der Waals surface area (Å²) in [6.07, 6.45) is 4.25. The molecule has 0 unspecified atom stereocenters. The summed E-state index contributed by atoms with van der Waals surface area (Å²) in [5.74, 6) is -0.239. The Morgan fingerprint density at radius 2 is 1.85 bits per heavy atom. The van der Waals surface area contributed by atoms with Gasteiger partial charge in [0.25, 0.3) is 0 Å². The summed E-state index contributed by atoms with van der Waals surface area (Å²) in [4.78, 5) is 9.60. The summed E-state index contributed by atoms with van der Waals surface area (Å²) < 4.78 is 15.5. The first kappa shape index (κ1) is 17.9. The molecule has 2 N–H and O–H groups in total. The molecule has 27 heavy (non-hydrogen) atoms. The standard InChI is InChI=1S/C21H26FN5/c1-25-11-9-18(10-12-25)26(2)14-19-21(15-3-5-16(22)6-4-15)24-20-8-7-17(23)13-27(19)20/h3-8,13,18H,9-12,14,23H2,1-2H3. The van der Waals surface area contributed by atoms with E-state index in [-0.39, 0.29) is 5.82 Å². The van der Waals surface area contributed by atoms with Crippen LogP contribution in [-0.2, 0) is 6.54 Å². The van der Waals surface area contributed by atoms with Crippen molar-refractivity contribution >= 4 is 11.3 Å². The molecule has 2 aromatic heterocycles. The van der Waals surface area contributed by atoms with E-state index in [9.17, 15) is 4.39 Å². The van der Waals surface area contributed by atoms with Crippen LogP contribution in [0.1, 0.15) is 18.5 Å². The molecule has 0 atom stereocenters. The number of benzene rings is 1. The molecule has 0 bridgehead atoms. The number of hydrogen-bond acceptors (Lipinski definition) is 4. The lowest BCUT2D eigenvalue weighted by molar-refractivity contribution is 0.138. The molecule has 1 fully saturated rings. The van der Waals surface area contributed by atoms with Crippen LogP contribution in [0.25, 0.3) is 16.9 Å². The van der Waals surface area contributed by atoms with Gasteiger partial charge in [0.2, 0.25) is 0 Å². The number of rotatable bonds is 4. The number of imidazole rings is 1. The van der Waals surface area contributed by atoms with Gasteiger partial charge in [-0.2, -0.15) is 0 Å². The molecule has 142 valence electrons. The van der Waals surface area contributed by atoms with Crippen molar-refractivity contribution in [2.75, 3.05) is 32.9 Å². The Morgan fingerprint density at radius 1 is 1.15 bits per heavy atom. The summed E-state index contributed by atoms with van der Waals surface area (Å²) in [6.45, 7) is 3.02. The maximum Gasteiger partial charge on any atom is 0.137 e. The molecule has 0 radical (unpaired) electrons. The number of nitrogens with two attached hydrogens (primary N) is 1. The van der Waals surface area contributed by atoms with E-state index in [1.165, 1.54) is 12.1 Å². The Morgan fingerprint density at radius 3 is 2.56 bits per heavy atom. The second-order valence-electron chi connectivity index (χ2n) is 7.55. The Hall–Kier alpha value is -2.44. The number of piperidine rings is 1. The van der Waals surface area contributed by atoms with Crippen LogP contribution in [0.15, 0.2) is 42.6 Å². The third-order valence-corrected chi connectivity index (χ3v) is 5.57. The summed E-state index contributed by atoms with van der Waals surface area (Å²) in [5, 5.41) is 0. The van der Waals surface area contributed by atoms with E-state index < -0.39 is 0 Å². The van der Waals surface area contributed by atoms with Crippen LogP contribution in [0.2, 0.25) is 0 Å². The lowest BCUT2D eigenvalue weighted by Crippen LogP contribution is -2.41. The number of nitrogens with zero attached hydrogens (tertiary/aromatic N) is 4. The summed E-state index contributed by atoms with van der Waals surface area (Å²) in [6, 6.07) is 10.9. The third kappa shape index (κ3) is 3.68. The molecule has 0 saturated carbocycles. The van der Waals surface area contributed by atoms with Gasteiger partial charge in [-0.25, -0.2) is 9.37 Å². The molecule has 3 aromatic rings. The molecular weight excluding hydrogens is 341 g/mol. The minimum atomic E-state index is -0.239. The number of hydrogen-bond donors (Lipinski definition) is 1. The van der Waals surface area contributed by atoms with Crippen LogP contribution in [0.3, 0.4) is 0 Å². The number of halogens is 1. The Labute approximate surface area is 159 Å². The Bertz CT molecular complexity index is 926. The van der Waals surface area contributed by atoms with Crippen molar-refractivity contribution in [3.05, 3.63) is 54.1 Å². The Kier molecular flexibility index (Phi) is 4.85. The van der Waals surface area contributed by atoms with Crippen LogP contribution in [0, 0.1) is 5.82 Å². The molecule has 1 aliphatic rings. The van der Waals surface area contributed by atoms with E-state index in [0.717, 1.165) is 55.1 Å². The summed E-state index contributed by atoms with van der Waals surface area (Å²) in [5.41, 5.74) is 10.5. The zero-order valence-electron chi connectivity index (χ0n) is 15.9. The van der Waals surface area contributed by atoms with Gasteiger partial charge < -0.3 is 15.0 Å². The first-order valence-corrected chi connectivity index (χ1v) is 9.42. The number of nitrogen functional groups attached to an aromatic ring is 1. The fourth-order valence-corrected chi connectivity index (χ4v) is 3.90. The highest BCUT2D eigenvalue weighted by molar-refractivity contribution is 5.67. The van der Waals surface area contributed by atoms with E-state index in [2.05, 4.69) is 28.3 Å². The lowest BCUT2D eigenvalue weighted by Gasteiger charge is -2.35. The van der Waals surface area contributed by atoms with Crippen molar-refractivity contribution in [2.45, 2.75) is 25.4 Å². The molecule has 0 spiro atoms. The molecule has 5 nitrogen and oxygen atoms in total. The lowest BCUT2D eigenvalue weighted by atomic mass is 10.0. The van der Waals surface area contributed by atoms with E-state index in [0.29, 0.717) is 11.7 Å². The molecular formula is C21H26FN5. The predicted molar refractivity (Wildman–Crippen MR) is 107 cm³/mol. The van der Waals surface area contributed by atoms with Gasteiger partial charge in [-0.05, 0) is 76.4 Å². The fourth-order valence-electron chi connectivity index (χ4n) is 3.90. The smallest absolute Gasteiger partial charge is 0.137 e. The van der Waals surface area contributed by atoms with Crippen LogP contribution in [-0.4, -0.2) is 52.4 Å². The number of likely N-dealkylation sites (tertiary alicyclic amines) is 1. The van der Waals surface area contributed by atoms with Crippen molar-refractivity contribution in [3.63, 3.8) is 0 Å². The van der Waals surface area contributed by atoms with Gasteiger partial charge in [0.15, 0.2) is 0 Å². The van der Waals surface area contributed by atoms with Crippen LogP contribution in [0.4, 0.5) is 10.1 Å². The molecule has 1 saturated heterocycles. The molecule has 3 heterocycles. The number of aromatic nitrogens is 2. The largest absolute Gasteiger partial charge is 0.398 e. The minimum absolute atomic E-state index is 0.239. The van der Waals surface area contributed by atoms with Crippen LogP contribution < -0.4 is 5.73 Å². The second-order valence-corrected chi connectivity index (χ2v) is 7.55. The van der Waals surface area contributed by atoms with Gasteiger partial charge in [0, 0.05) is 30.0 Å². The van der Waals surface area contributed by atoms with Gasteiger partial charge in [0.1, 0.15) is 11.5 Å². The van der Waals surface area contributed by atoms with Crippen molar-refractivity contribution in [3.8, 4) is 11.3 Å².